The molecule has 0 saturated carbocycles. The van der Waals surface area contributed by atoms with Crippen LogP contribution in [0.2, 0.25) is 0 Å². The number of aryl methyl sites for hydroxylation is 1. The molecule has 0 aliphatic carbocycles. The molecule has 8 heteroatoms. The highest BCUT2D eigenvalue weighted by molar-refractivity contribution is 9.10. The van der Waals surface area contributed by atoms with Crippen LogP contribution in [0, 0.1) is 6.92 Å². The Morgan fingerprint density at radius 2 is 1.85 bits per heavy atom. The molecule has 2 aromatic carbocycles. The van der Waals surface area contributed by atoms with Crippen molar-refractivity contribution < 1.29 is 17.9 Å². The second-order valence-electron chi connectivity index (χ2n) is 6.05. The zero-order chi connectivity index (χ0) is 19.5. The molecule has 2 aromatic rings. The lowest BCUT2D eigenvalue weighted by atomic mass is 10.1. The van der Waals surface area contributed by atoms with Crippen molar-refractivity contribution in [2.75, 3.05) is 12.4 Å². The quantitative estimate of drug-likeness (QED) is 0.716. The summed E-state index contributed by atoms with van der Waals surface area (Å²) >= 11 is 3.37. The van der Waals surface area contributed by atoms with Gasteiger partial charge in [0, 0.05) is 21.8 Å². The summed E-state index contributed by atoms with van der Waals surface area (Å²) in [5, 5.41) is 2.79. The smallest absolute Gasteiger partial charge is 0.255 e. The van der Waals surface area contributed by atoms with E-state index in [1.54, 1.807) is 19.9 Å². The van der Waals surface area contributed by atoms with Gasteiger partial charge in [0.05, 0.1) is 7.11 Å². The maximum absolute atomic E-state index is 12.6. The van der Waals surface area contributed by atoms with Crippen molar-refractivity contribution in [3.05, 3.63) is 52.0 Å². The summed E-state index contributed by atoms with van der Waals surface area (Å²) in [6.07, 6.45) is 0. The maximum atomic E-state index is 12.6. The van der Waals surface area contributed by atoms with Crippen molar-refractivity contribution in [3.63, 3.8) is 0 Å². The maximum Gasteiger partial charge on any atom is 0.255 e. The van der Waals surface area contributed by atoms with Crippen LogP contribution in [-0.4, -0.2) is 27.5 Å². The van der Waals surface area contributed by atoms with Gasteiger partial charge in [-0.3, -0.25) is 4.79 Å². The third-order valence-electron chi connectivity index (χ3n) is 3.54. The van der Waals surface area contributed by atoms with Crippen molar-refractivity contribution in [3.8, 4) is 5.75 Å². The lowest BCUT2D eigenvalue weighted by Crippen LogP contribution is -2.30. The van der Waals surface area contributed by atoms with Crippen LogP contribution in [-0.2, 0) is 10.0 Å². The monoisotopic (exact) mass is 440 g/mol. The van der Waals surface area contributed by atoms with Crippen molar-refractivity contribution in [2.24, 2.45) is 0 Å². The standard InChI is InChI=1S/C18H21BrN2O4S/c1-11(2)21-26(23,24)17-10-13(5-8-16(17)25-4)18(22)20-15-7-6-14(19)9-12(15)3/h5-11,21H,1-4H3,(H,20,22). The number of carbonyl (C=O) groups is 1. The molecule has 2 N–H and O–H groups in total. The van der Waals surface area contributed by atoms with Crippen LogP contribution >= 0.6 is 15.9 Å². The van der Waals surface area contributed by atoms with Gasteiger partial charge in [-0.25, -0.2) is 13.1 Å². The number of sulfonamides is 1. The summed E-state index contributed by atoms with van der Waals surface area (Å²) in [4.78, 5) is 12.5. The van der Waals surface area contributed by atoms with Gasteiger partial charge in [-0.15, -0.1) is 0 Å². The highest BCUT2D eigenvalue weighted by atomic mass is 79.9. The topological polar surface area (TPSA) is 84.5 Å². The molecule has 2 rings (SSSR count). The number of carbonyl (C=O) groups excluding carboxylic acids is 1. The molecule has 1 amide bonds. The molecule has 0 atom stereocenters. The second kappa shape index (κ2) is 8.20. The first-order chi connectivity index (χ1) is 12.1. The predicted molar refractivity (Wildman–Crippen MR) is 105 cm³/mol. The Labute approximate surface area is 162 Å². The molecular weight excluding hydrogens is 420 g/mol. The Bertz CT molecular complexity index is 927. The third-order valence-corrected chi connectivity index (χ3v) is 5.72. The minimum absolute atomic E-state index is 0.0751. The van der Waals surface area contributed by atoms with E-state index in [9.17, 15) is 13.2 Å². The molecule has 0 heterocycles. The Kier molecular flexibility index (Phi) is 6.44. The average Bonchev–Trinajstić information content (AvgIpc) is 2.55. The Morgan fingerprint density at radius 1 is 1.15 bits per heavy atom. The molecule has 0 aliphatic heterocycles. The zero-order valence-corrected chi connectivity index (χ0v) is 17.4. The fourth-order valence-corrected chi connectivity index (χ4v) is 4.29. The summed E-state index contributed by atoms with van der Waals surface area (Å²) < 4.78 is 33.6. The molecule has 0 radical (unpaired) electrons. The lowest BCUT2D eigenvalue weighted by molar-refractivity contribution is 0.102. The summed E-state index contributed by atoms with van der Waals surface area (Å²) in [5.74, 6) is -0.228. The molecule has 6 nitrogen and oxygen atoms in total. The van der Waals surface area contributed by atoms with Crippen LogP contribution < -0.4 is 14.8 Å². The molecule has 26 heavy (non-hydrogen) atoms. The molecule has 0 aliphatic rings. The number of rotatable bonds is 6. The number of halogens is 1. The average molecular weight is 441 g/mol. The van der Waals surface area contributed by atoms with Crippen LogP contribution in [0.1, 0.15) is 29.8 Å². The number of hydrogen-bond acceptors (Lipinski definition) is 4. The zero-order valence-electron chi connectivity index (χ0n) is 15.0. The van der Waals surface area contributed by atoms with Crippen molar-refractivity contribution >= 4 is 37.5 Å². The first-order valence-electron chi connectivity index (χ1n) is 7.92. The van der Waals surface area contributed by atoms with Crippen LogP contribution in [0.25, 0.3) is 0 Å². The summed E-state index contributed by atoms with van der Waals surface area (Å²) in [6, 6.07) is 9.50. The third kappa shape index (κ3) is 4.84. The van der Waals surface area contributed by atoms with E-state index in [1.807, 2.05) is 19.1 Å². The van der Waals surface area contributed by atoms with E-state index in [0.717, 1.165) is 10.0 Å². The number of methoxy groups -OCH3 is 1. The van der Waals surface area contributed by atoms with Crippen LogP contribution in [0.3, 0.4) is 0 Å². The Balaban J connectivity index is 2.38. The number of hydrogen-bond donors (Lipinski definition) is 2. The molecule has 0 spiro atoms. The number of benzene rings is 2. The SMILES string of the molecule is COc1ccc(C(=O)Nc2ccc(Br)cc2C)cc1S(=O)(=O)NC(C)C. The number of nitrogens with one attached hydrogen (secondary N) is 2. The van der Waals surface area contributed by atoms with Crippen molar-refractivity contribution in [2.45, 2.75) is 31.7 Å². The molecular formula is C18H21BrN2O4S. The lowest BCUT2D eigenvalue weighted by Gasteiger charge is -2.14. The van der Waals surface area contributed by atoms with Gasteiger partial charge >= 0.3 is 0 Å². The van der Waals surface area contributed by atoms with Gasteiger partial charge in [-0.2, -0.15) is 0 Å². The predicted octanol–water partition coefficient (Wildman–Crippen LogP) is 3.71. The largest absolute Gasteiger partial charge is 0.495 e. The number of ether oxygens (including phenoxy) is 1. The van der Waals surface area contributed by atoms with Crippen LogP contribution in [0.15, 0.2) is 45.8 Å². The highest BCUT2D eigenvalue weighted by Gasteiger charge is 2.22. The van der Waals surface area contributed by atoms with E-state index in [1.165, 1.54) is 25.3 Å². The van der Waals surface area contributed by atoms with E-state index < -0.39 is 15.9 Å². The fourth-order valence-electron chi connectivity index (χ4n) is 2.36. The van der Waals surface area contributed by atoms with E-state index in [4.69, 9.17) is 4.74 Å². The number of anilines is 1. The minimum Gasteiger partial charge on any atom is -0.495 e. The van der Waals surface area contributed by atoms with Gasteiger partial charge in [0.15, 0.2) is 0 Å². The van der Waals surface area contributed by atoms with E-state index >= 15 is 0 Å². The summed E-state index contributed by atoms with van der Waals surface area (Å²) in [6.45, 7) is 5.31. The Hall–Kier alpha value is -1.90. The number of amides is 1. The molecule has 0 unspecified atom stereocenters. The molecule has 140 valence electrons. The van der Waals surface area contributed by atoms with E-state index in [-0.39, 0.29) is 22.3 Å². The van der Waals surface area contributed by atoms with E-state index in [2.05, 4.69) is 26.0 Å². The van der Waals surface area contributed by atoms with Crippen molar-refractivity contribution in [1.29, 1.82) is 0 Å². The molecule has 0 saturated heterocycles. The molecule has 0 bridgehead atoms. The highest BCUT2D eigenvalue weighted by Crippen LogP contribution is 2.26. The summed E-state index contributed by atoms with van der Waals surface area (Å²) in [5.41, 5.74) is 1.76. The molecule has 0 aromatic heterocycles. The first kappa shape index (κ1) is 20.4. The van der Waals surface area contributed by atoms with Gasteiger partial charge in [0.1, 0.15) is 10.6 Å². The normalized spacial score (nSPS) is 11.5. The van der Waals surface area contributed by atoms with Gasteiger partial charge in [0.2, 0.25) is 10.0 Å². The van der Waals surface area contributed by atoms with Crippen molar-refractivity contribution in [1.82, 2.24) is 4.72 Å². The fraction of sp³-hybridized carbons (Fsp3) is 0.278. The van der Waals surface area contributed by atoms with Gasteiger partial charge < -0.3 is 10.1 Å². The van der Waals surface area contributed by atoms with Crippen LogP contribution in [0.4, 0.5) is 5.69 Å². The van der Waals surface area contributed by atoms with E-state index in [0.29, 0.717) is 5.69 Å². The minimum atomic E-state index is -3.81. The van der Waals surface area contributed by atoms with Gasteiger partial charge in [-0.05, 0) is 62.7 Å². The van der Waals surface area contributed by atoms with Gasteiger partial charge in [0.25, 0.3) is 5.91 Å². The Morgan fingerprint density at radius 3 is 2.42 bits per heavy atom. The van der Waals surface area contributed by atoms with Crippen LogP contribution in [0.5, 0.6) is 5.75 Å². The summed E-state index contributed by atoms with van der Waals surface area (Å²) in [7, 11) is -2.42. The second-order valence-corrected chi connectivity index (χ2v) is 8.65. The first-order valence-corrected chi connectivity index (χ1v) is 10.2. The van der Waals surface area contributed by atoms with Gasteiger partial charge in [-0.1, -0.05) is 15.9 Å². The molecule has 0 fully saturated rings.